The summed E-state index contributed by atoms with van der Waals surface area (Å²) in [5, 5.41) is 3.44. The lowest BCUT2D eigenvalue weighted by Crippen LogP contribution is -2.34. The summed E-state index contributed by atoms with van der Waals surface area (Å²) in [4.78, 5) is 0. The minimum absolute atomic E-state index is 0.0870. The van der Waals surface area contributed by atoms with Crippen molar-refractivity contribution in [2.45, 2.75) is 52.6 Å². The van der Waals surface area contributed by atoms with Gasteiger partial charge >= 0.3 is 6.18 Å². The van der Waals surface area contributed by atoms with Gasteiger partial charge in [-0.2, -0.15) is 13.2 Å². The molecule has 4 heteroatoms. The fourth-order valence-electron chi connectivity index (χ4n) is 2.71. The van der Waals surface area contributed by atoms with Crippen molar-refractivity contribution < 1.29 is 13.2 Å². The van der Waals surface area contributed by atoms with Gasteiger partial charge in [0.1, 0.15) is 0 Å². The summed E-state index contributed by atoms with van der Waals surface area (Å²) >= 11 is 0. The van der Waals surface area contributed by atoms with Gasteiger partial charge in [0.15, 0.2) is 0 Å². The molecule has 1 rings (SSSR count). The van der Waals surface area contributed by atoms with Crippen LogP contribution in [0, 0.1) is 5.41 Å². The summed E-state index contributed by atoms with van der Waals surface area (Å²) in [6.45, 7) is 8.35. The van der Waals surface area contributed by atoms with Crippen LogP contribution in [0.25, 0.3) is 0 Å². The van der Waals surface area contributed by atoms with Gasteiger partial charge in [-0.05, 0) is 48.9 Å². The van der Waals surface area contributed by atoms with Crippen molar-refractivity contribution >= 4 is 0 Å². The Morgan fingerprint density at radius 2 is 1.62 bits per heavy atom. The highest BCUT2D eigenvalue weighted by molar-refractivity contribution is 5.25. The van der Waals surface area contributed by atoms with E-state index in [9.17, 15) is 13.2 Å². The maximum absolute atomic E-state index is 12.6. The molecule has 0 bridgehead atoms. The van der Waals surface area contributed by atoms with Crippen LogP contribution in [0.15, 0.2) is 24.3 Å². The highest BCUT2D eigenvalue weighted by atomic mass is 19.4. The zero-order valence-corrected chi connectivity index (χ0v) is 13.2. The highest BCUT2D eigenvalue weighted by Gasteiger charge is 2.30. The van der Waals surface area contributed by atoms with E-state index in [-0.39, 0.29) is 5.41 Å². The monoisotopic (exact) mass is 301 g/mol. The second-order valence-electron chi connectivity index (χ2n) is 6.11. The van der Waals surface area contributed by atoms with E-state index in [0.29, 0.717) is 0 Å². The summed E-state index contributed by atoms with van der Waals surface area (Å²) in [5.41, 5.74) is 0.480. The van der Waals surface area contributed by atoms with Crippen molar-refractivity contribution in [3.05, 3.63) is 35.4 Å². The Balaban J connectivity index is 2.74. The number of alkyl halides is 3. The zero-order valence-electron chi connectivity index (χ0n) is 13.2. The third-order valence-corrected chi connectivity index (χ3v) is 3.74. The minimum Gasteiger partial charge on any atom is -0.316 e. The van der Waals surface area contributed by atoms with E-state index in [1.807, 2.05) is 0 Å². The summed E-state index contributed by atoms with van der Waals surface area (Å²) in [6, 6.07) is 5.58. The molecule has 1 unspecified atom stereocenters. The van der Waals surface area contributed by atoms with Crippen LogP contribution in [-0.4, -0.2) is 13.1 Å². The third-order valence-electron chi connectivity index (χ3n) is 3.74. The Kier molecular flexibility index (Phi) is 6.72. The molecule has 0 saturated carbocycles. The van der Waals surface area contributed by atoms with Crippen LogP contribution in [0.4, 0.5) is 13.2 Å². The summed E-state index contributed by atoms with van der Waals surface area (Å²) in [5.74, 6) is 0. The molecule has 0 heterocycles. The average molecular weight is 301 g/mol. The van der Waals surface area contributed by atoms with Crippen LogP contribution in [0.5, 0.6) is 0 Å². The maximum Gasteiger partial charge on any atom is 0.416 e. The van der Waals surface area contributed by atoms with Gasteiger partial charge in [-0.15, -0.1) is 0 Å². The maximum atomic E-state index is 12.6. The molecule has 0 aliphatic heterocycles. The second-order valence-corrected chi connectivity index (χ2v) is 6.11. The molecule has 0 aliphatic carbocycles. The Labute approximate surface area is 125 Å². The smallest absolute Gasteiger partial charge is 0.316 e. The number of nitrogens with one attached hydrogen (secondary N) is 1. The fraction of sp³-hybridized carbons (Fsp3) is 0.647. The lowest BCUT2D eigenvalue weighted by molar-refractivity contribution is -0.137. The molecular formula is C17H26F3N. The van der Waals surface area contributed by atoms with Crippen LogP contribution in [0.2, 0.25) is 0 Å². The first-order chi connectivity index (χ1) is 9.80. The van der Waals surface area contributed by atoms with Crippen LogP contribution >= 0.6 is 0 Å². The van der Waals surface area contributed by atoms with Crippen molar-refractivity contribution in [1.82, 2.24) is 5.32 Å². The molecule has 120 valence electrons. The van der Waals surface area contributed by atoms with E-state index in [1.165, 1.54) is 12.1 Å². The number of halogens is 3. The first-order valence-corrected chi connectivity index (χ1v) is 7.67. The Bertz CT molecular complexity index is 411. The van der Waals surface area contributed by atoms with E-state index in [4.69, 9.17) is 0 Å². The summed E-state index contributed by atoms with van der Waals surface area (Å²) in [6.07, 6.45) is -0.234. The lowest BCUT2D eigenvalue weighted by Gasteiger charge is -2.30. The standard InChI is InChI=1S/C17H26F3N/c1-4-10-16(3,13-21-11-5-2)12-14-6-8-15(9-7-14)17(18,19)20/h6-9,21H,4-5,10-13H2,1-3H3. The Morgan fingerprint density at radius 1 is 1.00 bits per heavy atom. The molecule has 21 heavy (non-hydrogen) atoms. The van der Waals surface area contributed by atoms with Gasteiger partial charge in [0.25, 0.3) is 0 Å². The van der Waals surface area contributed by atoms with Crippen molar-refractivity contribution in [2.75, 3.05) is 13.1 Å². The molecule has 0 aromatic heterocycles. The minimum atomic E-state index is -4.26. The number of hydrogen-bond donors (Lipinski definition) is 1. The fourth-order valence-corrected chi connectivity index (χ4v) is 2.71. The van der Waals surface area contributed by atoms with E-state index in [1.54, 1.807) is 12.1 Å². The Hall–Kier alpha value is -1.03. The van der Waals surface area contributed by atoms with Gasteiger partial charge in [0.2, 0.25) is 0 Å². The number of hydrogen-bond acceptors (Lipinski definition) is 1. The third kappa shape index (κ3) is 6.08. The molecule has 1 atom stereocenters. The van der Waals surface area contributed by atoms with Gasteiger partial charge in [-0.3, -0.25) is 0 Å². The number of benzene rings is 1. The zero-order chi connectivity index (χ0) is 15.9. The van der Waals surface area contributed by atoms with Crippen molar-refractivity contribution in [1.29, 1.82) is 0 Å². The summed E-state index contributed by atoms with van der Waals surface area (Å²) in [7, 11) is 0. The molecule has 1 aromatic rings. The van der Waals surface area contributed by atoms with Crippen LogP contribution in [0.1, 0.15) is 51.2 Å². The molecule has 1 aromatic carbocycles. The lowest BCUT2D eigenvalue weighted by atomic mass is 9.79. The predicted octanol–water partition coefficient (Wildman–Crippen LogP) is 5.05. The van der Waals surface area contributed by atoms with E-state index < -0.39 is 11.7 Å². The van der Waals surface area contributed by atoms with Gasteiger partial charge < -0.3 is 5.32 Å². The van der Waals surface area contributed by atoms with Crippen molar-refractivity contribution in [3.63, 3.8) is 0 Å². The first kappa shape index (κ1) is 18.0. The predicted molar refractivity (Wildman–Crippen MR) is 81.3 cm³/mol. The van der Waals surface area contributed by atoms with Crippen LogP contribution < -0.4 is 5.32 Å². The quantitative estimate of drug-likeness (QED) is 0.662. The van der Waals surface area contributed by atoms with Gasteiger partial charge in [0.05, 0.1) is 5.56 Å². The van der Waals surface area contributed by atoms with E-state index in [2.05, 4.69) is 26.1 Å². The molecule has 0 amide bonds. The molecule has 0 fully saturated rings. The van der Waals surface area contributed by atoms with E-state index >= 15 is 0 Å². The normalized spacial score (nSPS) is 15.0. The first-order valence-electron chi connectivity index (χ1n) is 7.67. The highest BCUT2D eigenvalue weighted by Crippen LogP contribution is 2.31. The SMILES string of the molecule is CCCNCC(C)(CCC)Cc1ccc(C(F)(F)F)cc1. The molecule has 1 nitrogen and oxygen atoms in total. The molecule has 1 N–H and O–H groups in total. The van der Waals surface area contributed by atoms with E-state index in [0.717, 1.165) is 44.3 Å². The topological polar surface area (TPSA) is 12.0 Å². The van der Waals surface area contributed by atoms with Crippen molar-refractivity contribution in [3.8, 4) is 0 Å². The average Bonchev–Trinajstić information content (AvgIpc) is 2.38. The van der Waals surface area contributed by atoms with Crippen molar-refractivity contribution in [2.24, 2.45) is 5.41 Å². The molecule has 0 saturated heterocycles. The molecule has 0 spiro atoms. The second kappa shape index (κ2) is 7.83. The van der Waals surface area contributed by atoms with Gasteiger partial charge in [-0.1, -0.05) is 39.3 Å². The van der Waals surface area contributed by atoms with Gasteiger partial charge in [0, 0.05) is 6.54 Å². The largest absolute Gasteiger partial charge is 0.416 e. The number of rotatable bonds is 8. The molecular weight excluding hydrogens is 275 g/mol. The van der Waals surface area contributed by atoms with Gasteiger partial charge in [-0.25, -0.2) is 0 Å². The Morgan fingerprint density at radius 3 is 2.10 bits per heavy atom. The van der Waals surface area contributed by atoms with Crippen LogP contribution in [0.3, 0.4) is 0 Å². The molecule has 0 radical (unpaired) electrons. The molecule has 0 aliphatic rings. The van der Waals surface area contributed by atoms with Crippen LogP contribution in [-0.2, 0) is 12.6 Å². The summed E-state index contributed by atoms with van der Waals surface area (Å²) < 4.78 is 37.7.